The van der Waals surface area contributed by atoms with E-state index in [1.807, 2.05) is 18.2 Å². The zero-order chi connectivity index (χ0) is 13.8. The second-order valence-corrected chi connectivity index (χ2v) is 5.93. The van der Waals surface area contributed by atoms with Crippen molar-refractivity contribution in [2.75, 3.05) is 5.32 Å². The smallest absolute Gasteiger partial charge is 0.0486 e. The molecule has 0 aromatic heterocycles. The third kappa shape index (κ3) is 3.74. The first-order valence-corrected chi connectivity index (χ1v) is 7.57. The average Bonchev–Trinajstić information content (AvgIpc) is 2.40. The van der Waals surface area contributed by atoms with Gasteiger partial charge in [0.15, 0.2) is 0 Å². The van der Waals surface area contributed by atoms with E-state index in [-0.39, 0.29) is 6.04 Å². The summed E-state index contributed by atoms with van der Waals surface area (Å²) in [6, 6.07) is 14.5. The molecule has 2 aromatic rings. The van der Waals surface area contributed by atoms with E-state index in [2.05, 4.69) is 59.4 Å². The van der Waals surface area contributed by atoms with Crippen molar-refractivity contribution in [2.45, 2.75) is 26.3 Å². The van der Waals surface area contributed by atoms with Gasteiger partial charge >= 0.3 is 0 Å². The van der Waals surface area contributed by atoms with Crippen LogP contribution in [0.2, 0.25) is 5.02 Å². The highest BCUT2D eigenvalue weighted by Crippen LogP contribution is 2.26. The number of benzene rings is 2. The summed E-state index contributed by atoms with van der Waals surface area (Å²) in [4.78, 5) is 0. The molecule has 0 aliphatic carbocycles. The van der Waals surface area contributed by atoms with Crippen LogP contribution in [0.25, 0.3) is 0 Å². The number of aryl methyl sites for hydroxylation is 1. The number of nitrogens with one attached hydrogen (secondary N) is 1. The summed E-state index contributed by atoms with van der Waals surface area (Å²) in [6.07, 6.45) is 1.00. The molecule has 0 aliphatic rings. The van der Waals surface area contributed by atoms with E-state index in [9.17, 15) is 0 Å². The molecule has 0 radical (unpaired) electrons. The lowest BCUT2D eigenvalue weighted by molar-refractivity contribution is 0.879. The Kier molecular flexibility index (Phi) is 4.89. The van der Waals surface area contributed by atoms with Crippen molar-refractivity contribution in [2.24, 2.45) is 0 Å². The lowest BCUT2D eigenvalue weighted by Crippen LogP contribution is -2.08. The van der Waals surface area contributed by atoms with Gasteiger partial charge in [-0.15, -0.1) is 0 Å². The van der Waals surface area contributed by atoms with Crippen LogP contribution in [0.3, 0.4) is 0 Å². The molecule has 2 rings (SSSR count). The summed E-state index contributed by atoms with van der Waals surface area (Å²) in [5, 5.41) is 4.33. The molecule has 19 heavy (non-hydrogen) atoms. The molecule has 0 saturated carbocycles. The summed E-state index contributed by atoms with van der Waals surface area (Å²) in [6.45, 7) is 4.31. The number of hydrogen-bond donors (Lipinski definition) is 1. The molecule has 0 saturated heterocycles. The quantitative estimate of drug-likeness (QED) is 0.738. The zero-order valence-corrected chi connectivity index (χ0v) is 13.4. The van der Waals surface area contributed by atoms with Crippen molar-refractivity contribution in [3.8, 4) is 0 Å². The first kappa shape index (κ1) is 14.4. The predicted octanol–water partition coefficient (Wildman–Crippen LogP) is 5.84. The van der Waals surface area contributed by atoms with Crippen molar-refractivity contribution in [3.05, 3.63) is 63.1 Å². The molecule has 1 N–H and O–H groups in total. The van der Waals surface area contributed by atoms with Gasteiger partial charge in [-0.05, 0) is 54.8 Å². The van der Waals surface area contributed by atoms with Crippen molar-refractivity contribution >= 4 is 33.2 Å². The third-order valence-electron chi connectivity index (χ3n) is 3.17. The van der Waals surface area contributed by atoms with E-state index in [1.165, 1.54) is 16.8 Å². The molecule has 100 valence electrons. The Balaban J connectivity index is 2.21. The molecule has 0 bridgehead atoms. The molecule has 1 nitrogen and oxygen atoms in total. The number of anilines is 1. The van der Waals surface area contributed by atoms with Gasteiger partial charge in [0.05, 0.1) is 0 Å². The lowest BCUT2D eigenvalue weighted by Gasteiger charge is -2.18. The van der Waals surface area contributed by atoms with Crippen LogP contribution >= 0.6 is 27.5 Å². The molecule has 0 spiro atoms. The molecular weight excluding hydrogens is 322 g/mol. The van der Waals surface area contributed by atoms with Crippen LogP contribution in [0.15, 0.2) is 46.9 Å². The number of halogens is 2. The first-order valence-electron chi connectivity index (χ1n) is 6.40. The van der Waals surface area contributed by atoms with Crippen LogP contribution in [-0.2, 0) is 6.42 Å². The van der Waals surface area contributed by atoms with Crippen molar-refractivity contribution in [1.29, 1.82) is 0 Å². The average molecular weight is 339 g/mol. The molecule has 0 fully saturated rings. The normalized spacial score (nSPS) is 12.2. The summed E-state index contributed by atoms with van der Waals surface area (Å²) in [5.74, 6) is 0. The first-order chi connectivity index (χ1) is 9.10. The molecule has 0 amide bonds. The van der Waals surface area contributed by atoms with Crippen molar-refractivity contribution in [3.63, 3.8) is 0 Å². The topological polar surface area (TPSA) is 12.0 Å². The van der Waals surface area contributed by atoms with E-state index in [0.717, 1.165) is 15.9 Å². The van der Waals surface area contributed by atoms with E-state index >= 15 is 0 Å². The highest BCUT2D eigenvalue weighted by molar-refractivity contribution is 9.10. The summed E-state index contributed by atoms with van der Waals surface area (Å²) >= 11 is 9.55. The van der Waals surface area contributed by atoms with Crippen LogP contribution in [-0.4, -0.2) is 0 Å². The monoisotopic (exact) mass is 337 g/mol. The predicted molar refractivity (Wildman–Crippen MR) is 87.0 cm³/mol. The van der Waals surface area contributed by atoms with Crippen LogP contribution in [0.1, 0.15) is 31.0 Å². The molecule has 3 heteroatoms. The minimum absolute atomic E-state index is 0.227. The third-order valence-corrected chi connectivity index (χ3v) is 3.90. The molecule has 1 atom stereocenters. The second kappa shape index (κ2) is 6.44. The Morgan fingerprint density at radius 1 is 1.21 bits per heavy atom. The van der Waals surface area contributed by atoms with Crippen molar-refractivity contribution < 1.29 is 0 Å². The van der Waals surface area contributed by atoms with E-state index < -0.39 is 0 Å². The van der Waals surface area contributed by atoms with Gasteiger partial charge in [0.1, 0.15) is 0 Å². The van der Waals surface area contributed by atoms with Crippen LogP contribution in [0.5, 0.6) is 0 Å². The summed E-state index contributed by atoms with van der Waals surface area (Å²) in [5.41, 5.74) is 3.68. The molecule has 0 aliphatic heterocycles. The van der Waals surface area contributed by atoms with Gasteiger partial charge in [-0.1, -0.05) is 46.6 Å². The van der Waals surface area contributed by atoms with E-state index in [1.54, 1.807) is 0 Å². The fourth-order valence-corrected chi connectivity index (χ4v) is 2.70. The Bertz CT molecular complexity index is 568. The fourth-order valence-electron chi connectivity index (χ4n) is 2.09. The molecule has 0 heterocycles. The van der Waals surface area contributed by atoms with Gasteiger partial charge in [-0.25, -0.2) is 0 Å². The van der Waals surface area contributed by atoms with Gasteiger partial charge < -0.3 is 5.32 Å². The van der Waals surface area contributed by atoms with E-state index in [0.29, 0.717) is 0 Å². The SMILES string of the molecule is CCc1cc(Br)ccc1NC(C)c1cccc(Cl)c1. The number of rotatable bonds is 4. The maximum atomic E-state index is 6.04. The Labute approximate surface area is 128 Å². The van der Waals surface area contributed by atoms with Crippen LogP contribution in [0.4, 0.5) is 5.69 Å². The Morgan fingerprint density at radius 3 is 2.68 bits per heavy atom. The van der Waals surface area contributed by atoms with Gasteiger partial charge in [0, 0.05) is 21.2 Å². The van der Waals surface area contributed by atoms with Gasteiger partial charge in [-0.2, -0.15) is 0 Å². The lowest BCUT2D eigenvalue weighted by atomic mass is 10.1. The maximum Gasteiger partial charge on any atom is 0.0486 e. The van der Waals surface area contributed by atoms with Gasteiger partial charge in [-0.3, -0.25) is 0 Å². The Hall–Kier alpha value is -0.990. The number of hydrogen-bond acceptors (Lipinski definition) is 1. The molecule has 2 aromatic carbocycles. The van der Waals surface area contributed by atoms with Crippen LogP contribution in [0, 0.1) is 0 Å². The minimum atomic E-state index is 0.227. The Morgan fingerprint density at radius 2 is 2.00 bits per heavy atom. The van der Waals surface area contributed by atoms with Gasteiger partial charge in [0.25, 0.3) is 0 Å². The molecular formula is C16H17BrClN. The van der Waals surface area contributed by atoms with Gasteiger partial charge in [0.2, 0.25) is 0 Å². The minimum Gasteiger partial charge on any atom is -0.378 e. The summed E-state index contributed by atoms with van der Waals surface area (Å²) in [7, 11) is 0. The second-order valence-electron chi connectivity index (χ2n) is 4.58. The fraction of sp³-hybridized carbons (Fsp3) is 0.250. The standard InChI is InChI=1S/C16H17BrClN/c1-3-12-9-14(17)7-8-16(12)19-11(2)13-5-4-6-15(18)10-13/h4-11,19H,3H2,1-2H3. The van der Waals surface area contributed by atoms with Crippen LogP contribution < -0.4 is 5.32 Å². The highest BCUT2D eigenvalue weighted by Gasteiger charge is 2.08. The summed E-state index contributed by atoms with van der Waals surface area (Å²) < 4.78 is 1.12. The molecule has 1 unspecified atom stereocenters. The highest BCUT2D eigenvalue weighted by atomic mass is 79.9. The maximum absolute atomic E-state index is 6.04. The van der Waals surface area contributed by atoms with Crippen molar-refractivity contribution in [1.82, 2.24) is 0 Å². The zero-order valence-electron chi connectivity index (χ0n) is 11.1. The van der Waals surface area contributed by atoms with E-state index in [4.69, 9.17) is 11.6 Å². The largest absolute Gasteiger partial charge is 0.378 e.